The van der Waals surface area contributed by atoms with Crippen LogP contribution in [0.15, 0.2) is 52.3 Å². The highest BCUT2D eigenvalue weighted by atomic mass is 79.9. The van der Waals surface area contributed by atoms with Crippen LogP contribution in [0.4, 0.5) is 5.00 Å². The van der Waals surface area contributed by atoms with E-state index in [-0.39, 0.29) is 0 Å². The van der Waals surface area contributed by atoms with Crippen LogP contribution in [0.25, 0.3) is 11.1 Å². The summed E-state index contributed by atoms with van der Waals surface area (Å²) in [5, 5.41) is 5.03. The van der Waals surface area contributed by atoms with Gasteiger partial charge >= 0.3 is 5.97 Å². The second-order valence-electron chi connectivity index (χ2n) is 5.91. The number of hydrogen-bond donors (Lipinski definition) is 1. The Bertz CT molecular complexity index is 1020. The molecule has 0 atom stereocenters. The Morgan fingerprint density at radius 1 is 0.966 bits per heavy atom. The summed E-state index contributed by atoms with van der Waals surface area (Å²) < 4.78 is 16.3. The Labute approximate surface area is 180 Å². The minimum atomic E-state index is -0.525. The van der Waals surface area contributed by atoms with Gasteiger partial charge in [0.15, 0.2) is 0 Å². The lowest BCUT2D eigenvalue weighted by Crippen LogP contribution is -2.14. The molecular weight excluding hydrogens is 458 g/mol. The van der Waals surface area contributed by atoms with Crippen molar-refractivity contribution in [3.8, 4) is 22.6 Å². The van der Waals surface area contributed by atoms with Gasteiger partial charge in [-0.15, -0.1) is 11.3 Å². The van der Waals surface area contributed by atoms with E-state index in [2.05, 4.69) is 21.2 Å². The number of nitrogens with one attached hydrogen (secondary N) is 1. The molecule has 29 heavy (non-hydrogen) atoms. The van der Waals surface area contributed by atoms with Crippen LogP contribution in [0.5, 0.6) is 11.5 Å². The zero-order valence-electron chi connectivity index (χ0n) is 15.9. The standard InChI is InChI=1S/C21H18BrNO5S/c1-26-15-8-13(9-16(10-15)27-2)19(24)23-20-18(21(25)28-3)17(11-29-20)12-4-6-14(22)7-5-12/h4-11H,1-3H3,(H,23,24). The monoisotopic (exact) mass is 475 g/mol. The van der Waals surface area contributed by atoms with Gasteiger partial charge in [0, 0.05) is 27.0 Å². The maximum atomic E-state index is 12.8. The minimum absolute atomic E-state index is 0.308. The molecule has 8 heteroatoms. The molecule has 0 saturated carbocycles. The highest BCUT2D eigenvalue weighted by Gasteiger charge is 2.23. The number of halogens is 1. The second-order valence-corrected chi connectivity index (χ2v) is 7.70. The number of thiophene rings is 1. The third-order valence-electron chi connectivity index (χ3n) is 4.18. The normalized spacial score (nSPS) is 10.3. The van der Waals surface area contributed by atoms with Crippen molar-refractivity contribution >= 4 is 44.1 Å². The lowest BCUT2D eigenvalue weighted by atomic mass is 10.0. The van der Waals surface area contributed by atoms with E-state index < -0.39 is 11.9 Å². The Morgan fingerprint density at radius 2 is 1.59 bits per heavy atom. The van der Waals surface area contributed by atoms with Gasteiger partial charge in [0.25, 0.3) is 5.91 Å². The molecule has 1 heterocycles. The summed E-state index contributed by atoms with van der Waals surface area (Å²) in [5.74, 6) is 0.0631. The number of methoxy groups -OCH3 is 3. The van der Waals surface area contributed by atoms with Crippen molar-refractivity contribution < 1.29 is 23.8 Å². The Kier molecular flexibility index (Phi) is 6.56. The minimum Gasteiger partial charge on any atom is -0.497 e. The van der Waals surface area contributed by atoms with Crippen molar-refractivity contribution in [1.29, 1.82) is 0 Å². The third-order valence-corrected chi connectivity index (χ3v) is 5.60. The van der Waals surface area contributed by atoms with Crippen LogP contribution in [0.2, 0.25) is 0 Å². The average Bonchev–Trinajstić information content (AvgIpc) is 3.16. The van der Waals surface area contributed by atoms with Gasteiger partial charge in [-0.1, -0.05) is 28.1 Å². The van der Waals surface area contributed by atoms with Crippen LogP contribution in [-0.2, 0) is 4.74 Å². The zero-order valence-corrected chi connectivity index (χ0v) is 18.3. The number of ether oxygens (including phenoxy) is 3. The first-order chi connectivity index (χ1) is 14.0. The number of rotatable bonds is 6. The summed E-state index contributed by atoms with van der Waals surface area (Å²) >= 11 is 4.65. The SMILES string of the molecule is COC(=O)c1c(-c2ccc(Br)cc2)csc1NC(=O)c1cc(OC)cc(OC)c1. The van der Waals surface area contributed by atoms with E-state index >= 15 is 0 Å². The highest BCUT2D eigenvalue weighted by Crippen LogP contribution is 2.37. The molecule has 0 saturated heterocycles. The van der Waals surface area contributed by atoms with Gasteiger partial charge in [-0.2, -0.15) is 0 Å². The van der Waals surface area contributed by atoms with Crippen molar-refractivity contribution in [1.82, 2.24) is 0 Å². The van der Waals surface area contributed by atoms with Crippen LogP contribution < -0.4 is 14.8 Å². The Balaban J connectivity index is 1.98. The summed E-state index contributed by atoms with van der Waals surface area (Å²) in [6.45, 7) is 0. The quantitative estimate of drug-likeness (QED) is 0.493. The van der Waals surface area contributed by atoms with Gasteiger partial charge in [-0.25, -0.2) is 4.79 Å². The molecule has 0 aliphatic rings. The number of anilines is 1. The molecule has 0 radical (unpaired) electrons. The number of esters is 1. The molecule has 150 valence electrons. The maximum Gasteiger partial charge on any atom is 0.341 e. The predicted octanol–water partition coefficient (Wildman–Crippen LogP) is 5.23. The van der Waals surface area contributed by atoms with Crippen LogP contribution in [0.3, 0.4) is 0 Å². The van der Waals surface area contributed by atoms with E-state index in [1.54, 1.807) is 18.2 Å². The summed E-state index contributed by atoms with van der Waals surface area (Å²) in [4.78, 5) is 25.3. The van der Waals surface area contributed by atoms with Gasteiger partial charge in [-0.05, 0) is 29.8 Å². The lowest BCUT2D eigenvalue weighted by molar-refractivity contribution is 0.0603. The average molecular weight is 476 g/mol. The molecule has 0 fully saturated rings. The molecule has 0 bridgehead atoms. The van der Waals surface area contributed by atoms with Crippen molar-refractivity contribution in [3.63, 3.8) is 0 Å². The molecule has 6 nitrogen and oxygen atoms in total. The van der Waals surface area contributed by atoms with Gasteiger partial charge in [0.05, 0.1) is 21.3 Å². The van der Waals surface area contributed by atoms with Crippen molar-refractivity contribution in [2.24, 2.45) is 0 Å². The topological polar surface area (TPSA) is 73.9 Å². The Hall–Kier alpha value is -2.84. The van der Waals surface area contributed by atoms with Crippen LogP contribution in [0.1, 0.15) is 20.7 Å². The van der Waals surface area contributed by atoms with E-state index in [0.717, 1.165) is 10.0 Å². The fraction of sp³-hybridized carbons (Fsp3) is 0.143. The van der Waals surface area contributed by atoms with Crippen LogP contribution >= 0.6 is 27.3 Å². The number of hydrogen-bond acceptors (Lipinski definition) is 6. The smallest absolute Gasteiger partial charge is 0.341 e. The van der Waals surface area contributed by atoms with Crippen molar-refractivity contribution in [3.05, 3.63) is 63.4 Å². The molecule has 3 aromatic rings. The first-order valence-electron chi connectivity index (χ1n) is 8.47. The Morgan fingerprint density at radius 3 is 2.14 bits per heavy atom. The molecule has 1 amide bonds. The molecule has 0 spiro atoms. The van der Waals surface area contributed by atoms with Crippen molar-refractivity contribution in [2.45, 2.75) is 0 Å². The number of carbonyl (C=O) groups excluding carboxylic acids is 2. The molecule has 0 aliphatic carbocycles. The number of carbonyl (C=O) groups is 2. The third kappa shape index (κ3) is 4.60. The molecule has 0 unspecified atom stereocenters. The van der Waals surface area contributed by atoms with E-state index in [9.17, 15) is 9.59 Å². The molecule has 1 aromatic heterocycles. The zero-order chi connectivity index (χ0) is 21.0. The second kappa shape index (κ2) is 9.11. The summed E-state index contributed by atoms with van der Waals surface area (Å²) in [6.07, 6.45) is 0. The van der Waals surface area contributed by atoms with E-state index in [1.165, 1.54) is 32.7 Å². The first kappa shape index (κ1) is 20.9. The molecule has 3 rings (SSSR count). The van der Waals surface area contributed by atoms with Gasteiger partial charge in [-0.3, -0.25) is 4.79 Å². The number of benzene rings is 2. The fourth-order valence-electron chi connectivity index (χ4n) is 2.71. The summed E-state index contributed by atoms with van der Waals surface area (Å²) in [6, 6.07) is 12.4. The lowest BCUT2D eigenvalue weighted by Gasteiger charge is -2.10. The molecule has 1 N–H and O–H groups in total. The van der Waals surface area contributed by atoms with E-state index in [0.29, 0.717) is 33.2 Å². The van der Waals surface area contributed by atoms with Crippen LogP contribution in [0, 0.1) is 0 Å². The van der Waals surface area contributed by atoms with Crippen LogP contribution in [-0.4, -0.2) is 33.2 Å². The summed E-state index contributed by atoms with van der Waals surface area (Å²) in [5.41, 5.74) is 2.18. The molecular formula is C21H18BrNO5S. The highest BCUT2D eigenvalue weighted by molar-refractivity contribution is 9.10. The predicted molar refractivity (Wildman–Crippen MR) is 116 cm³/mol. The summed E-state index contributed by atoms with van der Waals surface area (Å²) in [7, 11) is 4.33. The molecule has 2 aromatic carbocycles. The largest absolute Gasteiger partial charge is 0.497 e. The first-order valence-corrected chi connectivity index (χ1v) is 10.1. The van der Waals surface area contributed by atoms with E-state index in [1.807, 2.05) is 29.6 Å². The number of amides is 1. The maximum absolute atomic E-state index is 12.8. The van der Waals surface area contributed by atoms with Gasteiger partial charge in [0.1, 0.15) is 22.1 Å². The van der Waals surface area contributed by atoms with E-state index in [4.69, 9.17) is 14.2 Å². The van der Waals surface area contributed by atoms with Crippen molar-refractivity contribution in [2.75, 3.05) is 26.6 Å². The van der Waals surface area contributed by atoms with Gasteiger partial charge in [0.2, 0.25) is 0 Å². The fourth-order valence-corrected chi connectivity index (χ4v) is 3.93. The van der Waals surface area contributed by atoms with Gasteiger partial charge < -0.3 is 19.5 Å². The molecule has 0 aliphatic heterocycles.